The molecular formula is C16H25N3O2. The molecule has 1 fully saturated rings. The summed E-state index contributed by atoms with van der Waals surface area (Å²) in [5.74, 6) is 1.08. The monoisotopic (exact) mass is 291 g/mol. The zero-order chi connectivity index (χ0) is 15.6. The summed E-state index contributed by atoms with van der Waals surface area (Å²) in [6.45, 7) is 8.45. The van der Waals surface area contributed by atoms with Crippen LogP contribution >= 0.6 is 0 Å². The molecular weight excluding hydrogens is 266 g/mol. The van der Waals surface area contributed by atoms with Gasteiger partial charge in [-0.2, -0.15) is 0 Å². The lowest BCUT2D eigenvalue weighted by Crippen LogP contribution is -2.31. The number of aromatic nitrogens is 2. The first-order valence-corrected chi connectivity index (χ1v) is 7.75. The fourth-order valence-corrected chi connectivity index (χ4v) is 2.84. The highest BCUT2D eigenvalue weighted by Gasteiger charge is 2.26. The van der Waals surface area contributed by atoms with Crippen LogP contribution in [-0.4, -0.2) is 27.1 Å². The average molecular weight is 291 g/mol. The van der Waals surface area contributed by atoms with E-state index < -0.39 is 5.97 Å². The van der Waals surface area contributed by atoms with Gasteiger partial charge in [0, 0.05) is 12.0 Å². The van der Waals surface area contributed by atoms with Crippen LogP contribution in [0.1, 0.15) is 69.2 Å². The van der Waals surface area contributed by atoms with Crippen LogP contribution in [0.5, 0.6) is 0 Å². The molecule has 1 aromatic rings. The van der Waals surface area contributed by atoms with Gasteiger partial charge >= 0.3 is 5.97 Å². The highest BCUT2D eigenvalue weighted by atomic mass is 16.4. The van der Waals surface area contributed by atoms with Gasteiger partial charge in [0.15, 0.2) is 5.69 Å². The van der Waals surface area contributed by atoms with Crippen LogP contribution in [-0.2, 0) is 0 Å². The van der Waals surface area contributed by atoms with Gasteiger partial charge < -0.3 is 10.4 Å². The smallest absolute Gasteiger partial charge is 0.356 e. The molecule has 0 spiro atoms. The Morgan fingerprint density at radius 1 is 1.33 bits per heavy atom. The molecule has 2 rings (SSSR count). The normalized spacial score (nSPS) is 25.9. The SMILES string of the molecule is CC(C)c1ncc(NC2CCC(C)C(C)C2)c(C(=O)O)n1. The maximum Gasteiger partial charge on any atom is 0.356 e. The maximum absolute atomic E-state index is 11.4. The third kappa shape index (κ3) is 3.71. The summed E-state index contributed by atoms with van der Waals surface area (Å²) in [4.78, 5) is 19.9. The van der Waals surface area contributed by atoms with E-state index in [2.05, 4.69) is 29.1 Å². The number of carbonyl (C=O) groups is 1. The number of nitrogens with one attached hydrogen (secondary N) is 1. The molecule has 2 N–H and O–H groups in total. The lowest BCUT2D eigenvalue weighted by molar-refractivity contribution is 0.0691. The van der Waals surface area contributed by atoms with E-state index in [4.69, 9.17) is 0 Å². The van der Waals surface area contributed by atoms with Crippen molar-refractivity contribution in [2.75, 3.05) is 5.32 Å². The zero-order valence-electron chi connectivity index (χ0n) is 13.3. The topological polar surface area (TPSA) is 75.1 Å². The predicted molar refractivity (Wildman–Crippen MR) is 82.7 cm³/mol. The van der Waals surface area contributed by atoms with Crippen molar-refractivity contribution in [3.63, 3.8) is 0 Å². The van der Waals surface area contributed by atoms with Crippen molar-refractivity contribution < 1.29 is 9.90 Å². The molecule has 0 aliphatic heterocycles. The van der Waals surface area contributed by atoms with E-state index in [1.54, 1.807) is 6.20 Å². The lowest BCUT2D eigenvalue weighted by Gasteiger charge is -2.33. The molecule has 0 saturated heterocycles. The third-order valence-corrected chi connectivity index (χ3v) is 4.48. The first-order chi connectivity index (χ1) is 9.88. The van der Waals surface area contributed by atoms with Crippen LogP contribution in [0.3, 0.4) is 0 Å². The second kappa shape index (κ2) is 6.41. The van der Waals surface area contributed by atoms with Gasteiger partial charge in [-0.15, -0.1) is 0 Å². The molecule has 5 nitrogen and oxygen atoms in total. The summed E-state index contributed by atoms with van der Waals surface area (Å²) in [5.41, 5.74) is 0.624. The van der Waals surface area contributed by atoms with Gasteiger partial charge in [-0.05, 0) is 31.1 Å². The summed E-state index contributed by atoms with van der Waals surface area (Å²) < 4.78 is 0. The van der Waals surface area contributed by atoms with E-state index in [9.17, 15) is 9.90 Å². The molecule has 5 heteroatoms. The van der Waals surface area contributed by atoms with Gasteiger partial charge in [0.2, 0.25) is 0 Å². The Kier molecular flexibility index (Phi) is 4.80. The maximum atomic E-state index is 11.4. The van der Waals surface area contributed by atoms with Crippen molar-refractivity contribution in [2.24, 2.45) is 11.8 Å². The summed E-state index contributed by atoms with van der Waals surface area (Å²) in [5, 5.41) is 12.7. The number of nitrogens with zero attached hydrogens (tertiary/aromatic N) is 2. The number of aromatic carboxylic acids is 1. The van der Waals surface area contributed by atoms with Crippen molar-refractivity contribution >= 4 is 11.7 Å². The molecule has 0 amide bonds. The van der Waals surface area contributed by atoms with Gasteiger partial charge in [0.25, 0.3) is 0 Å². The van der Waals surface area contributed by atoms with E-state index in [0.717, 1.165) is 18.8 Å². The Bertz CT molecular complexity index is 516. The summed E-state index contributed by atoms with van der Waals surface area (Å²) in [6, 6.07) is 0.308. The summed E-state index contributed by atoms with van der Waals surface area (Å²) in [6.07, 6.45) is 4.92. The number of carboxylic acid groups (broad SMARTS) is 1. The highest BCUT2D eigenvalue weighted by Crippen LogP contribution is 2.31. The van der Waals surface area contributed by atoms with Gasteiger partial charge in [0.05, 0.1) is 11.9 Å². The Hall–Kier alpha value is -1.65. The first-order valence-electron chi connectivity index (χ1n) is 7.75. The minimum atomic E-state index is -1.00. The van der Waals surface area contributed by atoms with Crippen molar-refractivity contribution in [1.29, 1.82) is 0 Å². The Morgan fingerprint density at radius 2 is 2.05 bits per heavy atom. The summed E-state index contributed by atoms with van der Waals surface area (Å²) in [7, 11) is 0. The van der Waals surface area contributed by atoms with E-state index in [-0.39, 0.29) is 11.6 Å². The van der Waals surface area contributed by atoms with E-state index in [1.165, 1.54) is 6.42 Å². The van der Waals surface area contributed by atoms with Crippen LogP contribution in [0.15, 0.2) is 6.20 Å². The zero-order valence-corrected chi connectivity index (χ0v) is 13.3. The van der Waals surface area contributed by atoms with Crippen LogP contribution in [0.2, 0.25) is 0 Å². The van der Waals surface area contributed by atoms with Gasteiger partial charge in [0.1, 0.15) is 5.82 Å². The molecule has 1 aliphatic carbocycles. The summed E-state index contributed by atoms with van der Waals surface area (Å²) >= 11 is 0. The quantitative estimate of drug-likeness (QED) is 0.887. The molecule has 0 radical (unpaired) electrons. The molecule has 21 heavy (non-hydrogen) atoms. The van der Waals surface area contributed by atoms with Crippen LogP contribution in [0, 0.1) is 11.8 Å². The van der Waals surface area contributed by atoms with E-state index in [0.29, 0.717) is 23.5 Å². The number of carboxylic acids is 1. The minimum absolute atomic E-state index is 0.0833. The molecule has 0 bridgehead atoms. The van der Waals surface area contributed by atoms with Crippen molar-refractivity contribution in [2.45, 2.75) is 58.9 Å². The second-order valence-corrected chi connectivity index (χ2v) is 6.56. The van der Waals surface area contributed by atoms with Crippen molar-refractivity contribution in [3.8, 4) is 0 Å². The van der Waals surface area contributed by atoms with Gasteiger partial charge in [-0.1, -0.05) is 27.7 Å². The second-order valence-electron chi connectivity index (χ2n) is 6.56. The van der Waals surface area contributed by atoms with Crippen LogP contribution in [0.25, 0.3) is 0 Å². The molecule has 3 unspecified atom stereocenters. The molecule has 0 aromatic carbocycles. The number of anilines is 1. The fraction of sp³-hybridized carbons (Fsp3) is 0.688. The van der Waals surface area contributed by atoms with E-state index >= 15 is 0 Å². The number of hydrogen-bond donors (Lipinski definition) is 2. The van der Waals surface area contributed by atoms with Gasteiger partial charge in [-0.25, -0.2) is 14.8 Å². The van der Waals surface area contributed by atoms with Crippen molar-refractivity contribution in [3.05, 3.63) is 17.7 Å². The predicted octanol–water partition coefficient (Wildman–Crippen LogP) is 3.53. The number of rotatable bonds is 4. The fourth-order valence-electron chi connectivity index (χ4n) is 2.84. The molecule has 3 atom stereocenters. The molecule has 1 aliphatic rings. The lowest BCUT2D eigenvalue weighted by atomic mass is 9.79. The largest absolute Gasteiger partial charge is 0.476 e. The Labute approximate surface area is 126 Å². The van der Waals surface area contributed by atoms with Crippen LogP contribution in [0.4, 0.5) is 5.69 Å². The Morgan fingerprint density at radius 3 is 2.62 bits per heavy atom. The van der Waals surface area contributed by atoms with Gasteiger partial charge in [-0.3, -0.25) is 0 Å². The molecule has 1 saturated carbocycles. The average Bonchev–Trinajstić information content (AvgIpc) is 2.43. The van der Waals surface area contributed by atoms with E-state index in [1.807, 2.05) is 13.8 Å². The van der Waals surface area contributed by atoms with Crippen LogP contribution < -0.4 is 5.32 Å². The molecule has 116 valence electrons. The third-order valence-electron chi connectivity index (χ3n) is 4.48. The molecule has 1 heterocycles. The Balaban J connectivity index is 2.18. The number of hydrogen-bond acceptors (Lipinski definition) is 4. The van der Waals surface area contributed by atoms with Crippen molar-refractivity contribution in [1.82, 2.24) is 9.97 Å². The highest BCUT2D eigenvalue weighted by molar-refractivity contribution is 5.91. The molecule has 1 aromatic heterocycles. The first kappa shape index (κ1) is 15.7. The standard InChI is InChI=1S/C16H25N3O2/c1-9(2)15-17-8-13(14(19-15)16(20)21)18-12-6-5-10(3)11(4)7-12/h8-12,18H,5-7H2,1-4H3,(H,20,21). The minimum Gasteiger partial charge on any atom is -0.476 e.